The number of aryl methyl sites for hydroxylation is 1. The maximum absolute atomic E-state index is 12.4. The van der Waals surface area contributed by atoms with E-state index < -0.39 is 10.0 Å². The fourth-order valence-corrected chi connectivity index (χ4v) is 4.36. The lowest BCUT2D eigenvalue weighted by Crippen LogP contribution is -2.52. The predicted octanol–water partition coefficient (Wildman–Crippen LogP) is 2.70. The molecule has 1 aromatic rings. The van der Waals surface area contributed by atoms with Crippen LogP contribution in [0.3, 0.4) is 0 Å². The van der Waals surface area contributed by atoms with Crippen LogP contribution in [0.1, 0.15) is 32.3 Å². The molecule has 2 N–H and O–H groups in total. The first kappa shape index (κ1) is 16.7. The number of halogens is 1. The summed E-state index contributed by atoms with van der Waals surface area (Å²) in [5, 5.41) is 3.66. The molecule has 0 aromatic heterocycles. The Hall–Kier alpha value is -0.620. The lowest BCUT2D eigenvalue weighted by atomic mass is 9.78. The van der Waals surface area contributed by atoms with Gasteiger partial charge in [0.15, 0.2) is 0 Å². The van der Waals surface area contributed by atoms with E-state index in [1.807, 2.05) is 6.92 Å². The second kappa shape index (κ2) is 6.24. The highest BCUT2D eigenvalue weighted by atomic mass is 35.5. The molecule has 0 bridgehead atoms. The predicted molar refractivity (Wildman–Crippen MR) is 86.2 cm³/mol. The number of benzene rings is 1. The minimum Gasteiger partial charge on any atom is -0.312 e. The topological polar surface area (TPSA) is 58.2 Å². The van der Waals surface area contributed by atoms with Crippen molar-refractivity contribution in [1.82, 2.24) is 10.0 Å². The fourth-order valence-electron chi connectivity index (χ4n) is 2.71. The molecule has 1 heterocycles. The van der Waals surface area contributed by atoms with Gasteiger partial charge in [-0.1, -0.05) is 31.5 Å². The van der Waals surface area contributed by atoms with Crippen LogP contribution in [-0.4, -0.2) is 27.5 Å². The number of rotatable bonds is 4. The van der Waals surface area contributed by atoms with Crippen LogP contribution in [0.15, 0.2) is 23.1 Å². The Morgan fingerprint density at radius 2 is 2.14 bits per heavy atom. The zero-order valence-electron chi connectivity index (χ0n) is 12.7. The number of hydrogen-bond donors (Lipinski definition) is 2. The van der Waals surface area contributed by atoms with Gasteiger partial charge in [0.25, 0.3) is 0 Å². The molecule has 1 aliphatic heterocycles. The third-order valence-corrected chi connectivity index (χ3v) is 6.09. The highest BCUT2D eigenvalue weighted by Crippen LogP contribution is 2.30. The van der Waals surface area contributed by atoms with Crippen molar-refractivity contribution in [3.63, 3.8) is 0 Å². The van der Waals surface area contributed by atoms with E-state index in [1.54, 1.807) is 18.2 Å². The van der Waals surface area contributed by atoms with Crippen molar-refractivity contribution < 1.29 is 8.42 Å². The van der Waals surface area contributed by atoms with Gasteiger partial charge in [0.1, 0.15) is 4.90 Å². The fraction of sp³-hybridized carbons (Fsp3) is 0.600. The molecule has 1 saturated heterocycles. The van der Waals surface area contributed by atoms with E-state index in [1.165, 1.54) is 0 Å². The summed E-state index contributed by atoms with van der Waals surface area (Å²) >= 11 is 6.06. The lowest BCUT2D eigenvalue weighted by molar-refractivity contribution is 0.181. The van der Waals surface area contributed by atoms with Gasteiger partial charge in [-0.05, 0) is 49.4 Å². The van der Waals surface area contributed by atoms with E-state index in [-0.39, 0.29) is 21.4 Å². The molecule has 1 atom stereocenters. The summed E-state index contributed by atoms with van der Waals surface area (Å²) in [5.74, 6) is 0. The van der Waals surface area contributed by atoms with Crippen LogP contribution < -0.4 is 10.0 Å². The van der Waals surface area contributed by atoms with Crippen molar-refractivity contribution in [2.75, 3.05) is 13.1 Å². The summed E-state index contributed by atoms with van der Waals surface area (Å²) in [6, 6.07) is 5.10. The van der Waals surface area contributed by atoms with Gasteiger partial charge in [-0.2, -0.15) is 0 Å². The van der Waals surface area contributed by atoms with Crippen LogP contribution in [0.25, 0.3) is 0 Å². The maximum atomic E-state index is 12.4. The molecule has 2 rings (SSSR count). The average Bonchev–Trinajstić information content (AvgIpc) is 2.36. The minimum absolute atomic E-state index is 0.0812. The molecule has 1 unspecified atom stereocenters. The first-order valence-corrected chi connectivity index (χ1v) is 9.08. The molecule has 4 nitrogen and oxygen atoms in total. The molecule has 1 aliphatic rings. The quantitative estimate of drug-likeness (QED) is 0.892. The lowest BCUT2D eigenvalue weighted by Gasteiger charge is -2.39. The van der Waals surface area contributed by atoms with Crippen LogP contribution in [-0.2, 0) is 10.0 Å². The van der Waals surface area contributed by atoms with Crippen molar-refractivity contribution in [3.8, 4) is 0 Å². The molecule has 118 valence electrons. The Balaban J connectivity index is 2.11. The summed E-state index contributed by atoms with van der Waals surface area (Å²) in [6.45, 7) is 7.51. The van der Waals surface area contributed by atoms with Crippen LogP contribution in [0, 0.1) is 12.3 Å². The molecule has 0 radical (unpaired) electrons. The van der Waals surface area contributed by atoms with E-state index >= 15 is 0 Å². The van der Waals surface area contributed by atoms with Crippen molar-refractivity contribution in [3.05, 3.63) is 28.8 Å². The Kier molecular flexibility index (Phi) is 4.98. The Bertz CT molecular complexity index is 614. The standard InChI is InChI=1S/C15H23ClN2O2S/c1-11-5-6-13(12(16)9-11)21(19,20)18-10-14-15(2,3)7-4-8-17-14/h5-6,9,14,17-18H,4,7-8,10H2,1-3H3. The van der Waals surface area contributed by atoms with Gasteiger partial charge >= 0.3 is 0 Å². The van der Waals surface area contributed by atoms with Crippen molar-refractivity contribution >= 4 is 21.6 Å². The molecule has 1 aromatic carbocycles. The number of sulfonamides is 1. The second-order valence-corrected chi connectivity index (χ2v) is 8.53. The highest BCUT2D eigenvalue weighted by molar-refractivity contribution is 7.89. The zero-order valence-corrected chi connectivity index (χ0v) is 14.3. The van der Waals surface area contributed by atoms with Crippen LogP contribution in [0.2, 0.25) is 5.02 Å². The Morgan fingerprint density at radius 1 is 1.43 bits per heavy atom. The molecule has 0 saturated carbocycles. The normalized spacial score (nSPS) is 22.2. The zero-order chi connectivity index (χ0) is 15.7. The van der Waals surface area contributed by atoms with Gasteiger partial charge in [0.05, 0.1) is 5.02 Å². The van der Waals surface area contributed by atoms with E-state index in [2.05, 4.69) is 23.9 Å². The summed E-state index contributed by atoms with van der Waals surface area (Å²) in [4.78, 5) is 0.142. The molecular weight excluding hydrogens is 308 g/mol. The highest BCUT2D eigenvalue weighted by Gasteiger charge is 2.33. The molecular formula is C15H23ClN2O2S. The van der Waals surface area contributed by atoms with Gasteiger partial charge in [0, 0.05) is 12.6 Å². The minimum atomic E-state index is -3.58. The maximum Gasteiger partial charge on any atom is 0.242 e. The van der Waals surface area contributed by atoms with Crippen LogP contribution >= 0.6 is 11.6 Å². The molecule has 0 amide bonds. The first-order valence-electron chi connectivity index (χ1n) is 7.21. The SMILES string of the molecule is Cc1ccc(S(=O)(=O)NCC2NCCCC2(C)C)c(Cl)c1. The number of piperidine rings is 1. The largest absolute Gasteiger partial charge is 0.312 e. The van der Waals surface area contributed by atoms with Gasteiger partial charge < -0.3 is 5.32 Å². The van der Waals surface area contributed by atoms with Crippen molar-refractivity contribution in [1.29, 1.82) is 0 Å². The van der Waals surface area contributed by atoms with Gasteiger partial charge in [-0.15, -0.1) is 0 Å². The number of hydrogen-bond acceptors (Lipinski definition) is 3. The Morgan fingerprint density at radius 3 is 2.76 bits per heavy atom. The number of nitrogens with one attached hydrogen (secondary N) is 2. The summed E-state index contributed by atoms with van der Waals surface area (Å²) in [5.41, 5.74) is 1.02. The summed E-state index contributed by atoms with van der Waals surface area (Å²) < 4.78 is 27.5. The Labute approximate surface area is 132 Å². The monoisotopic (exact) mass is 330 g/mol. The molecule has 0 aliphatic carbocycles. The summed E-state index contributed by atoms with van der Waals surface area (Å²) in [6.07, 6.45) is 2.22. The average molecular weight is 331 g/mol. The first-order chi connectivity index (χ1) is 9.72. The van der Waals surface area contributed by atoms with Crippen LogP contribution in [0.4, 0.5) is 0 Å². The molecule has 6 heteroatoms. The van der Waals surface area contributed by atoms with Crippen molar-refractivity contribution in [2.24, 2.45) is 5.41 Å². The van der Waals surface area contributed by atoms with Gasteiger partial charge in [0.2, 0.25) is 10.0 Å². The van der Waals surface area contributed by atoms with E-state index in [0.717, 1.165) is 24.9 Å². The molecule has 21 heavy (non-hydrogen) atoms. The molecule has 0 spiro atoms. The third kappa shape index (κ3) is 3.97. The van der Waals surface area contributed by atoms with Gasteiger partial charge in [-0.3, -0.25) is 0 Å². The summed E-state index contributed by atoms with van der Waals surface area (Å²) in [7, 11) is -3.58. The molecule has 1 fully saturated rings. The van der Waals surface area contributed by atoms with E-state index in [0.29, 0.717) is 6.54 Å². The van der Waals surface area contributed by atoms with Crippen molar-refractivity contribution in [2.45, 2.75) is 44.6 Å². The van der Waals surface area contributed by atoms with Gasteiger partial charge in [-0.25, -0.2) is 13.1 Å². The van der Waals surface area contributed by atoms with E-state index in [4.69, 9.17) is 11.6 Å². The third-order valence-electron chi connectivity index (χ3n) is 4.19. The van der Waals surface area contributed by atoms with E-state index in [9.17, 15) is 8.42 Å². The smallest absolute Gasteiger partial charge is 0.242 e. The van der Waals surface area contributed by atoms with Crippen LogP contribution in [0.5, 0.6) is 0 Å². The second-order valence-electron chi connectivity index (χ2n) is 6.38.